The quantitative estimate of drug-likeness (QED) is 0.0553. The Bertz CT molecular complexity index is 590. The number of carboxylic acid groups (broad SMARTS) is 1. The topological polar surface area (TPSA) is 63.6 Å². The maximum Gasteiger partial charge on any atom is 0.306 e. The van der Waals surface area contributed by atoms with Crippen LogP contribution in [0.4, 0.5) is 0 Å². The van der Waals surface area contributed by atoms with Gasteiger partial charge in [-0.25, -0.2) is 0 Å². The van der Waals surface area contributed by atoms with E-state index in [1.807, 2.05) is 0 Å². The minimum atomic E-state index is -0.719. The Morgan fingerprint density at radius 2 is 0.682 bits per heavy atom. The molecule has 0 rings (SSSR count). The van der Waals surface area contributed by atoms with Gasteiger partial charge >= 0.3 is 11.9 Å². The van der Waals surface area contributed by atoms with E-state index >= 15 is 0 Å². The van der Waals surface area contributed by atoms with E-state index < -0.39 is 5.97 Å². The zero-order valence-electron chi connectivity index (χ0n) is 30.0. The lowest BCUT2D eigenvalue weighted by Crippen LogP contribution is -2.18. The van der Waals surface area contributed by atoms with Gasteiger partial charge in [0.25, 0.3) is 0 Å². The normalized spacial score (nSPS) is 12.0. The molecule has 0 aromatic rings. The molecule has 0 aliphatic rings. The fourth-order valence-corrected chi connectivity index (χ4v) is 6.36. The maximum atomic E-state index is 12.6. The van der Waals surface area contributed by atoms with Crippen LogP contribution in [0.3, 0.4) is 0 Å². The molecular formula is C40H78O4. The van der Waals surface area contributed by atoms with Gasteiger partial charge < -0.3 is 9.84 Å². The highest BCUT2D eigenvalue weighted by Crippen LogP contribution is 2.19. The van der Waals surface area contributed by atoms with Gasteiger partial charge in [-0.2, -0.15) is 0 Å². The van der Waals surface area contributed by atoms with Crippen LogP contribution >= 0.6 is 0 Å². The van der Waals surface area contributed by atoms with E-state index in [2.05, 4.69) is 13.8 Å². The van der Waals surface area contributed by atoms with Crippen LogP contribution in [0.1, 0.15) is 239 Å². The highest BCUT2D eigenvalue weighted by molar-refractivity contribution is 5.69. The molecule has 0 aromatic heterocycles. The fourth-order valence-electron chi connectivity index (χ4n) is 6.36. The van der Waals surface area contributed by atoms with Crippen LogP contribution in [0.25, 0.3) is 0 Å². The van der Waals surface area contributed by atoms with Gasteiger partial charge in [-0.15, -0.1) is 0 Å². The number of unbranched alkanes of at least 4 members (excludes halogenated alkanes) is 28. The molecule has 1 unspecified atom stereocenters. The lowest BCUT2D eigenvalue weighted by atomic mass is 10.0. The van der Waals surface area contributed by atoms with E-state index in [9.17, 15) is 9.59 Å². The molecular weight excluding hydrogens is 544 g/mol. The Labute approximate surface area is 275 Å². The van der Waals surface area contributed by atoms with Crippen molar-refractivity contribution >= 4 is 11.9 Å². The van der Waals surface area contributed by atoms with Crippen LogP contribution in [0, 0.1) is 0 Å². The van der Waals surface area contributed by atoms with Crippen LogP contribution in [0.5, 0.6) is 0 Å². The van der Waals surface area contributed by atoms with Crippen LogP contribution in [0.2, 0.25) is 0 Å². The molecule has 0 aliphatic heterocycles. The number of ether oxygens (including phenoxy) is 1. The fraction of sp³-hybridized carbons (Fsp3) is 0.950. The molecule has 0 bridgehead atoms. The van der Waals surface area contributed by atoms with E-state index in [-0.39, 0.29) is 18.5 Å². The summed E-state index contributed by atoms with van der Waals surface area (Å²) in [5, 5.41) is 8.89. The third kappa shape index (κ3) is 35.4. The van der Waals surface area contributed by atoms with Crippen LogP contribution in [-0.2, 0) is 14.3 Å². The molecule has 0 saturated carbocycles. The molecule has 4 nitrogen and oxygen atoms in total. The lowest BCUT2D eigenvalue weighted by Gasteiger charge is -2.18. The van der Waals surface area contributed by atoms with Crippen LogP contribution in [0.15, 0.2) is 0 Å². The number of rotatable bonds is 37. The van der Waals surface area contributed by atoms with E-state index in [4.69, 9.17) is 9.84 Å². The first-order chi connectivity index (χ1) is 21.6. The summed E-state index contributed by atoms with van der Waals surface area (Å²) in [6.45, 7) is 4.56. The summed E-state index contributed by atoms with van der Waals surface area (Å²) in [5.74, 6) is -0.742. The van der Waals surface area contributed by atoms with E-state index in [1.165, 1.54) is 161 Å². The maximum absolute atomic E-state index is 12.6. The van der Waals surface area contributed by atoms with Gasteiger partial charge in [0.05, 0.1) is 0 Å². The second-order valence-electron chi connectivity index (χ2n) is 13.8. The van der Waals surface area contributed by atoms with Gasteiger partial charge in [0.15, 0.2) is 0 Å². The zero-order chi connectivity index (χ0) is 32.2. The Morgan fingerprint density at radius 1 is 0.409 bits per heavy atom. The van der Waals surface area contributed by atoms with Crippen molar-refractivity contribution in [3.63, 3.8) is 0 Å². The van der Waals surface area contributed by atoms with Gasteiger partial charge in [0.2, 0.25) is 0 Å². The van der Waals surface area contributed by atoms with Crippen molar-refractivity contribution in [1.82, 2.24) is 0 Å². The van der Waals surface area contributed by atoms with Gasteiger partial charge in [-0.1, -0.05) is 187 Å². The zero-order valence-corrected chi connectivity index (χ0v) is 30.0. The summed E-state index contributed by atoms with van der Waals surface area (Å²) in [6.07, 6.45) is 42.6. The number of hydrogen-bond donors (Lipinski definition) is 1. The largest absolute Gasteiger partial charge is 0.481 e. The van der Waals surface area contributed by atoms with Gasteiger partial charge in [0.1, 0.15) is 6.10 Å². The molecule has 0 saturated heterocycles. The number of carbonyl (C=O) groups is 2. The Hall–Kier alpha value is -1.06. The molecule has 1 atom stereocenters. The Morgan fingerprint density at radius 3 is 1.02 bits per heavy atom. The molecule has 0 fully saturated rings. The minimum Gasteiger partial charge on any atom is -0.481 e. The highest BCUT2D eigenvalue weighted by atomic mass is 16.5. The third-order valence-corrected chi connectivity index (χ3v) is 9.33. The predicted molar refractivity (Wildman–Crippen MR) is 190 cm³/mol. The lowest BCUT2D eigenvalue weighted by molar-refractivity contribution is -0.150. The molecule has 0 aromatic carbocycles. The van der Waals surface area contributed by atoms with Gasteiger partial charge in [-0.3, -0.25) is 9.59 Å². The number of hydrogen-bond acceptors (Lipinski definition) is 3. The Kier molecular flexibility index (Phi) is 35.5. The number of aliphatic carboxylic acids is 1. The summed E-state index contributed by atoms with van der Waals surface area (Å²) in [5.41, 5.74) is 0. The summed E-state index contributed by atoms with van der Waals surface area (Å²) < 4.78 is 5.95. The van der Waals surface area contributed by atoms with Crippen LogP contribution < -0.4 is 0 Å². The molecule has 0 spiro atoms. The van der Waals surface area contributed by atoms with Gasteiger partial charge in [0, 0.05) is 12.8 Å². The minimum absolute atomic E-state index is 0.0105. The third-order valence-electron chi connectivity index (χ3n) is 9.33. The van der Waals surface area contributed by atoms with Crippen molar-refractivity contribution < 1.29 is 19.4 Å². The summed E-state index contributed by atoms with van der Waals surface area (Å²) >= 11 is 0. The van der Waals surface area contributed by atoms with E-state index in [1.54, 1.807) is 0 Å². The molecule has 262 valence electrons. The molecule has 0 amide bonds. The summed E-state index contributed by atoms with van der Waals surface area (Å²) in [7, 11) is 0. The highest BCUT2D eigenvalue weighted by Gasteiger charge is 2.14. The molecule has 0 heterocycles. The van der Waals surface area contributed by atoms with E-state index in [0.717, 1.165) is 44.9 Å². The van der Waals surface area contributed by atoms with Crippen molar-refractivity contribution in [1.29, 1.82) is 0 Å². The summed E-state index contributed by atoms with van der Waals surface area (Å²) in [4.78, 5) is 23.4. The number of carbonyl (C=O) groups excluding carboxylic acids is 1. The van der Waals surface area contributed by atoms with Crippen LogP contribution in [-0.4, -0.2) is 23.1 Å². The Balaban J connectivity index is 3.88. The van der Waals surface area contributed by atoms with E-state index in [0.29, 0.717) is 12.8 Å². The molecule has 44 heavy (non-hydrogen) atoms. The van der Waals surface area contributed by atoms with Crippen molar-refractivity contribution in [2.24, 2.45) is 0 Å². The van der Waals surface area contributed by atoms with Crippen molar-refractivity contribution in [2.75, 3.05) is 0 Å². The monoisotopic (exact) mass is 623 g/mol. The smallest absolute Gasteiger partial charge is 0.306 e. The number of esters is 1. The first kappa shape index (κ1) is 42.9. The second kappa shape index (κ2) is 36.4. The van der Waals surface area contributed by atoms with Crippen molar-refractivity contribution in [2.45, 2.75) is 245 Å². The molecule has 0 radical (unpaired) electrons. The van der Waals surface area contributed by atoms with Crippen molar-refractivity contribution in [3.05, 3.63) is 0 Å². The van der Waals surface area contributed by atoms with Gasteiger partial charge in [-0.05, 0) is 38.5 Å². The average Bonchev–Trinajstić information content (AvgIpc) is 3.00. The number of carboxylic acids is 1. The first-order valence-corrected chi connectivity index (χ1v) is 20.0. The second-order valence-corrected chi connectivity index (χ2v) is 13.8. The summed E-state index contributed by atoms with van der Waals surface area (Å²) in [6, 6.07) is 0. The standard InChI is InChI=1S/C40H78O4/c1-3-5-7-9-11-13-15-17-18-20-22-24-26-28-33-37-40(43)44-38(35-31-29-32-36-39(41)42)34-30-27-25-23-21-19-16-14-12-10-8-6-4-2/h38H,3-37H2,1-2H3,(H,41,42). The average molecular weight is 623 g/mol. The molecule has 1 N–H and O–H groups in total. The molecule has 4 heteroatoms. The molecule has 0 aliphatic carbocycles. The first-order valence-electron chi connectivity index (χ1n) is 20.0. The van der Waals surface area contributed by atoms with Crippen molar-refractivity contribution in [3.8, 4) is 0 Å². The SMILES string of the molecule is CCCCCCCCCCCCCCCCCC(=O)OC(CCCCCCCCCCCCCCC)CCCCCC(=O)O. The predicted octanol–water partition coefficient (Wildman–Crippen LogP) is 13.7.